The Bertz CT molecular complexity index is 1500. The number of pyridine rings is 1. The van der Waals surface area contributed by atoms with E-state index in [1.165, 1.54) is 37.6 Å². The molecule has 1 N–H and O–H groups in total. The molecule has 0 amide bonds. The molecule has 4 heterocycles. The largest absolute Gasteiger partial charge is 0.480 e. The predicted octanol–water partition coefficient (Wildman–Crippen LogP) is 4.80. The summed E-state index contributed by atoms with van der Waals surface area (Å²) >= 11 is 0. The highest BCUT2D eigenvalue weighted by Gasteiger charge is 2.37. The number of nitrogens with zero attached hydrogens (tertiary/aromatic N) is 6. The van der Waals surface area contributed by atoms with E-state index in [0.717, 1.165) is 18.2 Å². The smallest absolute Gasteiger partial charge is 0.419 e. The molecule has 1 aromatic carbocycles. The van der Waals surface area contributed by atoms with Crippen molar-refractivity contribution in [2.75, 3.05) is 50.2 Å². The minimum atomic E-state index is -4.66. The van der Waals surface area contributed by atoms with Crippen molar-refractivity contribution in [1.82, 2.24) is 24.9 Å². The average molecular weight is 553 g/mol. The van der Waals surface area contributed by atoms with Crippen LogP contribution in [-0.4, -0.2) is 65.3 Å². The standard InChI is InChI=1S/C24H21F6N7O2/c1-38-20-15(12-32-22(35-20)39-2)14-10-13(23(25,26)27)11-17-18(14)34-21(33-17)37-8-6-36(7-9-37)19-16(24(28,29)30)4-3-5-31-19/h3-5,10-12H,6-9H2,1-2H3,(H,33,34). The Hall–Kier alpha value is -4.30. The van der Waals surface area contributed by atoms with Gasteiger partial charge in [0.05, 0.1) is 41.9 Å². The summed E-state index contributed by atoms with van der Waals surface area (Å²) < 4.78 is 91.9. The van der Waals surface area contributed by atoms with Crippen LogP contribution in [0.2, 0.25) is 0 Å². The first-order chi connectivity index (χ1) is 18.5. The Balaban J connectivity index is 1.50. The van der Waals surface area contributed by atoms with E-state index < -0.39 is 23.5 Å². The van der Waals surface area contributed by atoms with E-state index in [-0.39, 0.29) is 72.0 Å². The third-order valence-electron chi connectivity index (χ3n) is 6.28. The average Bonchev–Trinajstić information content (AvgIpc) is 3.36. The van der Waals surface area contributed by atoms with E-state index in [4.69, 9.17) is 9.47 Å². The maximum atomic E-state index is 13.8. The molecule has 0 atom stereocenters. The van der Waals surface area contributed by atoms with Crippen molar-refractivity contribution in [3.8, 4) is 23.0 Å². The SMILES string of the molecule is COc1ncc(-c2cc(C(F)(F)F)cc3nc(N4CCN(c5ncccc5C(F)(F)F)CC4)[nH]c23)c(OC)n1. The zero-order chi connectivity index (χ0) is 27.9. The van der Waals surface area contributed by atoms with Crippen LogP contribution >= 0.6 is 0 Å². The number of piperazine rings is 1. The van der Waals surface area contributed by atoms with E-state index in [9.17, 15) is 26.3 Å². The quantitative estimate of drug-likeness (QED) is 0.353. The third kappa shape index (κ3) is 5.07. The molecule has 9 nitrogen and oxygen atoms in total. The molecule has 0 bridgehead atoms. The zero-order valence-electron chi connectivity index (χ0n) is 20.6. The second-order valence-corrected chi connectivity index (χ2v) is 8.60. The molecule has 1 aliphatic rings. The fourth-order valence-electron chi connectivity index (χ4n) is 4.42. The number of ether oxygens (including phenoxy) is 2. The van der Waals surface area contributed by atoms with Crippen molar-refractivity contribution >= 4 is 22.8 Å². The van der Waals surface area contributed by atoms with Gasteiger partial charge in [-0.1, -0.05) is 0 Å². The van der Waals surface area contributed by atoms with Gasteiger partial charge < -0.3 is 24.3 Å². The molecule has 1 aliphatic heterocycles. The number of hydrogen-bond donors (Lipinski definition) is 1. The molecule has 0 radical (unpaired) electrons. The van der Waals surface area contributed by atoms with Gasteiger partial charge in [-0.25, -0.2) is 15.0 Å². The van der Waals surface area contributed by atoms with Gasteiger partial charge in [0, 0.05) is 44.1 Å². The maximum Gasteiger partial charge on any atom is 0.419 e. The molecule has 206 valence electrons. The van der Waals surface area contributed by atoms with Crippen LogP contribution in [0, 0.1) is 0 Å². The molecule has 0 saturated carbocycles. The van der Waals surface area contributed by atoms with Crippen LogP contribution in [0.3, 0.4) is 0 Å². The van der Waals surface area contributed by atoms with Crippen LogP contribution in [0.15, 0.2) is 36.7 Å². The first kappa shape index (κ1) is 26.3. The lowest BCUT2D eigenvalue weighted by molar-refractivity contribution is -0.138. The summed E-state index contributed by atoms with van der Waals surface area (Å²) in [4.78, 5) is 22.8. The van der Waals surface area contributed by atoms with Crippen LogP contribution in [0.4, 0.5) is 38.1 Å². The number of benzene rings is 1. The molecule has 39 heavy (non-hydrogen) atoms. The van der Waals surface area contributed by atoms with Crippen molar-refractivity contribution in [3.63, 3.8) is 0 Å². The predicted molar refractivity (Wildman–Crippen MR) is 129 cm³/mol. The Morgan fingerprint density at radius 2 is 1.56 bits per heavy atom. The highest BCUT2D eigenvalue weighted by atomic mass is 19.4. The molecule has 0 unspecified atom stereocenters. The highest BCUT2D eigenvalue weighted by molar-refractivity contribution is 5.95. The van der Waals surface area contributed by atoms with Gasteiger partial charge in [-0.15, -0.1) is 0 Å². The number of aromatic nitrogens is 5. The first-order valence-corrected chi connectivity index (χ1v) is 11.6. The number of imidazole rings is 1. The van der Waals surface area contributed by atoms with Gasteiger partial charge in [-0.05, 0) is 24.3 Å². The van der Waals surface area contributed by atoms with E-state index in [0.29, 0.717) is 0 Å². The molecule has 4 aromatic rings. The Kier molecular flexibility index (Phi) is 6.60. The second-order valence-electron chi connectivity index (χ2n) is 8.60. The van der Waals surface area contributed by atoms with E-state index in [1.54, 1.807) is 4.90 Å². The normalized spacial score (nSPS) is 14.7. The minimum Gasteiger partial charge on any atom is -0.480 e. The van der Waals surface area contributed by atoms with Crippen molar-refractivity contribution in [2.45, 2.75) is 12.4 Å². The maximum absolute atomic E-state index is 13.8. The topological polar surface area (TPSA) is 92.3 Å². The van der Waals surface area contributed by atoms with E-state index in [1.807, 2.05) is 0 Å². The highest BCUT2D eigenvalue weighted by Crippen LogP contribution is 2.40. The van der Waals surface area contributed by atoms with Crippen molar-refractivity contribution in [2.24, 2.45) is 0 Å². The Morgan fingerprint density at radius 1 is 0.846 bits per heavy atom. The number of anilines is 2. The number of alkyl halides is 6. The summed E-state index contributed by atoms with van der Waals surface area (Å²) in [6.45, 7) is 0.893. The van der Waals surface area contributed by atoms with E-state index >= 15 is 0 Å². The Labute approximate surface area is 217 Å². The first-order valence-electron chi connectivity index (χ1n) is 11.6. The van der Waals surface area contributed by atoms with E-state index in [2.05, 4.69) is 24.9 Å². The number of fused-ring (bicyclic) bond motifs is 1. The van der Waals surface area contributed by atoms with Gasteiger partial charge in [0.2, 0.25) is 11.8 Å². The summed E-state index contributed by atoms with van der Waals surface area (Å²) in [7, 11) is 2.66. The lowest BCUT2D eigenvalue weighted by atomic mass is 10.0. The van der Waals surface area contributed by atoms with Crippen LogP contribution in [-0.2, 0) is 12.4 Å². The van der Waals surface area contributed by atoms with Crippen LogP contribution in [0.1, 0.15) is 11.1 Å². The molecule has 0 aliphatic carbocycles. The summed E-state index contributed by atoms with van der Waals surface area (Å²) in [5, 5.41) is 0. The van der Waals surface area contributed by atoms with Crippen LogP contribution in [0.5, 0.6) is 11.9 Å². The minimum absolute atomic E-state index is 0.00284. The lowest BCUT2D eigenvalue weighted by Crippen LogP contribution is -2.47. The van der Waals surface area contributed by atoms with Gasteiger partial charge in [0.1, 0.15) is 5.82 Å². The summed E-state index contributed by atoms with van der Waals surface area (Å²) in [5.41, 5.74) is -1.14. The number of nitrogens with one attached hydrogen (secondary N) is 1. The van der Waals surface area contributed by atoms with Crippen molar-refractivity contribution in [3.05, 3.63) is 47.8 Å². The summed E-state index contributed by atoms with van der Waals surface area (Å²) in [6, 6.07) is 4.06. The molecule has 5 rings (SSSR count). The fraction of sp³-hybridized carbons (Fsp3) is 0.333. The van der Waals surface area contributed by atoms with Crippen LogP contribution in [0.25, 0.3) is 22.2 Å². The molecule has 15 heteroatoms. The Morgan fingerprint density at radius 3 is 2.21 bits per heavy atom. The van der Waals surface area contributed by atoms with Crippen molar-refractivity contribution < 1.29 is 35.8 Å². The summed E-state index contributed by atoms with van der Waals surface area (Å²) in [5.74, 6) is 0.108. The molecular formula is C24H21F6N7O2. The number of aromatic amines is 1. The number of hydrogen-bond acceptors (Lipinski definition) is 8. The lowest BCUT2D eigenvalue weighted by Gasteiger charge is -2.36. The van der Waals surface area contributed by atoms with Gasteiger partial charge in [-0.2, -0.15) is 31.3 Å². The molecular weight excluding hydrogens is 532 g/mol. The molecule has 1 saturated heterocycles. The number of rotatable bonds is 5. The number of halogens is 6. The number of methoxy groups -OCH3 is 2. The monoisotopic (exact) mass is 553 g/mol. The van der Waals surface area contributed by atoms with Gasteiger partial charge in [0.15, 0.2) is 0 Å². The molecule has 3 aromatic heterocycles. The number of H-pyrrole nitrogens is 1. The second kappa shape index (κ2) is 9.78. The fourth-order valence-corrected chi connectivity index (χ4v) is 4.42. The van der Waals surface area contributed by atoms with Gasteiger partial charge in [0.25, 0.3) is 0 Å². The van der Waals surface area contributed by atoms with Crippen molar-refractivity contribution in [1.29, 1.82) is 0 Å². The molecule has 0 spiro atoms. The third-order valence-corrected chi connectivity index (χ3v) is 6.28. The van der Waals surface area contributed by atoms with Crippen LogP contribution < -0.4 is 19.3 Å². The molecule has 1 fully saturated rings. The summed E-state index contributed by atoms with van der Waals surface area (Å²) in [6.07, 6.45) is -6.62. The van der Waals surface area contributed by atoms with Gasteiger partial charge in [-0.3, -0.25) is 0 Å². The zero-order valence-corrected chi connectivity index (χ0v) is 20.6. The van der Waals surface area contributed by atoms with Gasteiger partial charge >= 0.3 is 18.4 Å².